The number of aromatic nitrogens is 1. The molecular weight excluding hydrogens is 291 g/mol. The summed E-state index contributed by atoms with van der Waals surface area (Å²) in [6.45, 7) is 3.60. The van der Waals surface area contributed by atoms with Gasteiger partial charge in [0.2, 0.25) is 5.91 Å². The van der Waals surface area contributed by atoms with Crippen LogP contribution in [-0.4, -0.2) is 45.5 Å². The molecule has 2 saturated heterocycles. The van der Waals surface area contributed by atoms with Crippen molar-refractivity contribution in [3.8, 4) is 5.88 Å². The lowest BCUT2D eigenvalue weighted by Crippen LogP contribution is -2.60. The molecule has 0 unspecified atom stereocenters. The normalized spacial score (nSPS) is 23.1. The van der Waals surface area contributed by atoms with Gasteiger partial charge in [-0.15, -0.1) is 11.8 Å². The Bertz CT molecular complexity index is 534. The van der Waals surface area contributed by atoms with Crippen molar-refractivity contribution in [3.05, 3.63) is 24.1 Å². The van der Waals surface area contributed by atoms with Crippen LogP contribution >= 0.6 is 11.8 Å². The van der Waals surface area contributed by atoms with Crippen LogP contribution in [-0.2, 0) is 4.79 Å². The number of rotatable bonds is 4. The number of thioether (sulfide) groups is 1. The second-order valence-corrected chi connectivity index (χ2v) is 7.22. The molecular formula is C15H19FN2O2S. The maximum Gasteiger partial charge on any atom is 0.250 e. The van der Waals surface area contributed by atoms with Gasteiger partial charge >= 0.3 is 0 Å². The third-order valence-electron chi connectivity index (χ3n) is 3.95. The molecule has 2 fully saturated rings. The molecule has 6 heteroatoms. The van der Waals surface area contributed by atoms with E-state index in [0.717, 1.165) is 31.7 Å². The molecule has 2 aliphatic heterocycles. The van der Waals surface area contributed by atoms with Gasteiger partial charge in [-0.1, -0.05) is 6.92 Å². The number of hydrogen-bond donors (Lipinski definition) is 0. The fraction of sp³-hybridized carbons (Fsp3) is 0.600. The van der Waals surface area contributed by atoms with Gasteiger partial charge in [-0.2, -0.15) is 0 Å². The molecule has 0 N–H and O–H groups in total. The summed E-state index contributed by atoms with van der Waals surface area (Å²) in [5.74, 6) is 0.727. The summed E-state index contributed by atoms with van der Waals surface area (Å²) in [5, 5.41) is 0. The van der Waals surface area contributed by atoms with Crippen LogP contribution < -0.4 is 4.74 Å². The largest absolute Gasteiger partial charge is 0.471 e. The SMILES string of the molecule is CCCC(=O)N1CC2(C[C@@H](Oc3ncccc3F)CS2)C1. The predicted molar refractivity (Wildman–Crippen MR) is 79.9 cm³/mol. The summed E-state index contributed by atoms with van der Waals surface area (Å²) in [5.41, 5.74) is 0. The van der Waals surface area contributed by atoms with E-state index in [1.165, 1.54) is 12.3 Å². The molecule has 0 aromatic carbocycles. The van der Waals surface area contributed by atoms with Crippen LogP contribution in [0.2, 0.25) is 0 Å². The smallest absolute Gasteiger partial charge is 0.250 e. The summed E-state index contributed by atoms with van der Waals surface area (Å²) in [7, 11) is 0. The van der Waals surface area contributed by atoms with Crippen molar-refractivity contribution in [1.82, 2.24) is 9.88 Å². The quantitative estimate of drug-likeness (QED) is 0.857. The summed E-state index contributed by atoms with van der Waals surface area (Å²) in [6.07, 6.45) is 3.87. The monoisotopic (exact) mass is 310 g/mol. The van der Waals surface area contributed by atoms with E-state index in [1.807, 2.05) is 23.6 Å². The Kier molecular flexibility index (Phi) is 4.06. The molecule has 1 atom stereocenters. The van der Waals surface area contributed by atoms with E-state index in [1.54, 1.807) is 6.07 Å². The molecule has 114 valence electrons. The average Bonchev–Trinajstić information content (AvgIpc) is 2.84. The maximum atomic E-state index is 13.5. The van der Waals surface area contributed by atoms with Gasteiger partial charge in [0.1, 0.15) is 6.10 Å². The zero-order valence-corrected chi connectivity index (χ0v) is 12.9. The summed E-state index contributed by atoms with van der Waals surface area (Å²) < 4.78 is 19.3. The summed E-state index contributed by atoms with van der Waals surface area (Å²) >= 11 is 1.83. The molecule has 1 spiro atoms. The first-order valence-corrected chi connectivity index (χ1v) is 8.29. The van der Waals surface area contributed by atoms with Gasteiger partial charge in [0.05, 0.1) is 4.75 Å². The van der Waals surface area contributed by atoms with Crippen LogP contribution in [0.4, 0.5) is 4.39 Å². The predicted octanol–water partition coefficient (Wildman–Crippen LogP) is 2.49. The van der Waals surface area contributed by atoms with E-state index in [9.17, 15) is 9.18 Å². The average molecular weight is 310 g/mol. The highest BCUT2D eigenvalue weighted by atomic mass is 32.2. The van der Waals surface area contributed by atoms with Gasteiger partial charge in [-0.3, -0.25) is 4.79 Å². The minimum absolute atomic E-state index is 0.0252. The molecule has 3 rings (SSSR count). The number of carbonyl (C=O) groups excluding carboxylic acids is 1. The number of halogens is 1. The zero-order valence-electron chi connectivity index (χ0n) is 12.0. The van der Waals surface area contributed by atoms with Crippen molar-refractivity contribution in [3.63, 3.8) is 0 Å². The van der Waals surface area contributed by atoms with E-state index in [2.05, 4.69) is 4.98 Å². The second-order valence-electron chi connectivity index (χ2n) is 5.73. The minimum atomic E-state index is -0.420. The van der Waals surface area contributed by atoms with Crippen molar-refractivity contribution < 1.29 is 13.9 Å². The van der Waals surface area contributed by atoms with Crippen molar-refractivity contribution in [2.45, 2.75) is 37.0 Å². The standard InChI is InChI=1S/C15H19FN2O2S/c1-2-4-13(19)18-9-15(10-18)7-11(8-21-15)20-14-12(16)5-3-6-17-14/h3,5-6,11H,2,4,7-10H2,1H3/t11-/m1/s1. The third-order valence-corrected chi connectivity index (χ3v) is 5.53. The Balaban J connectivity index is 1.53. The number of ether oxygens (including phenoxy) is 1. The second kappa shape index (κ2) is 5.83. The number of likely N-dealkylation sites (tertiary alicyclic amines) is 1. The lowest BCUT2D eigenvalue weighted by Gasteiger charge is -2.47. The van der Waals surface area contributed by atoms with Crippen LogP contribution in [0, 0.1) is 5.82 Å². The van der Waals surface area contributed by atoms with E-state index < -0.39 is 5.82 Å². The lowest BCUT2D eigenvalue weighted by molar-refractivity contribution is -0.136. The van der Waals surface area contributed by atoms with E-state index in [0.29, 0.717) is 6.42 Å². The van der Waals surface area contributed by atoms with Crippen LogP contribution in [0.3, 0.4) is 0 Å². The molecule has 0 aliphatic carbocycles. The van der Waals surface area contributed by atoms with Crippen LogP contribution in [0.1, 0.15) is 26.2 Å². The van der Waals surface area contributed by atoms with Crippen LogP contribution in [0.25, 0.3) is 0 Å². The first kappa shape index (κ1) is 14.6. The lowest BCUT2D eigenvalue weighted by atomic mass is 9.92. The number of pyridine rings is 1. The van der Waals surface area contributed by atoms with E-state index in [4.69, 9.17) is 4.74 Å². The van der Waals surface area contributed by atoms with E-state index >= 15 is 0 Å². The van der Waals surface area contributed by atoms with Crippen molar-refractivity contribution in [1.29, 1.82) is 0 Å². The van der Waals surface area contributed by atoms with Crippen molar-refractivity contribution in [2.75, 3.05) is 18.8 Å². The fourth-order valence-electron chi connectivity index (χ4n) is 2.91. The topological polar surface area (TPSA) is 42.4 Å². The minimum Gasteiger partial charge on any atom is -0.471 e. The van der Waals surface area contributed by atoms with Gasteiger partial charge in [0, 0.05) is 37.9 Å². The highest BCUT2D eigenvalue weighted by molar-refractivity contribution is 8.01. The highest BCUT2D eigenvalue weighted by Crippen LogP contribution is 2.46. The van der Waals surface area contributed by atoms with Gasteiger partial charge < -0.3 is 9.64 Å². The number of nitrogens with zero attached hydrogens (tertiary/aromatic N) is 2. The van der Waals surface area contributed by atoms with Crippen molar-refractivity contribution in [2.24, 2.45) is 0 Å². The molecule has 0 radical (unpaired) electrons. The molecule has 21 heavy (non-hydrogen) atoms. The Morgan fingerprint density at radius 1 is 1.62 bits per heavy atom. The maximum absolute atomic E-state index is 13.5. The van der Waals surface area contributed by atoms with Gasteiger partial charge in [0.25, 0.3) is 5.88 Å². The first-order chi connectivity index (χ1) is 10.1. The molecule has 2 aliphatic rings. The Morgan fingerprint density at radius 2 is 2.43 bits per heavy atom. The van der Waals surface area contributed by atoms with Gasteiger partial charge in [0.15, 0.2) is 5.82 Å². The molecule has 4 nitrogen and oxygen atoms in total. The highest BCUT2D eigenvalue weighted by Gasteiger charge is 2.51. The molecule has 1 aromatic heterocycles. The van der Waals surface area contributed by atoms with Gasteiger partial charge in [-0.25, -0.2) is 9.37 Å². The summed E-state index contributed by atoms with van der Waals surface area (Å²) in [6, 6.07) is 2.91. The molecule has 3 heterocycles. The Labute approximate surface area is 128 Å². The summed E-state index contributed by atoms with van der Waals surface area (Å²) in [4.78, 5) is 17.7. The molecule has 0 saturated carbocycles. The first-order valence-electron chi connectivity index (χ1n) is 7.31. The third kappa shape index (κ3) is 3.00. The van der Waals surface area contributed by atoms with E-state index in [-0.39, 0.29) is 22.6 Å². The Hall–Kier alpha value is -1.30. The molecule has 1 aromatic rings. The Morgan fingerprint density at radius 3 is 3.14 bits per heavy atom. The van der Waals surface area contributed by atoms with Crippen LogP contribution in [0.5, 0.6) is 5.88 Å². The molecule has 1 amide bonds. The number of carbonyl (C=O) groups is 1. The van der Waals surface area contributed by atoms with Crippen LogP contribution in [0.15, 0.2) is 18.3 Å². The fourth-order valence-corrected chi connectivity index (χ4v) is 4.44. The molecule has 0 bridgehead atoms. The van der Waals surface area contributed by atoms with Gasteiger partial charge in [-0.05, 0) is 18.6 Å². The zero-order chi connectivity index (χ0) is 14.9. The van der Waals surface area contributed by atoms with Crippen molar-refractivity contribution >= 4 is 17.7 Å². The number of amides is 1. The number of hydrogen-bond acceptors (Lipinski definition) is 4.